The van der Waals surface area contributed by atoms with Crippen molar-refractivity contribution in [1.82, 2.24) is 10.2 Å². The number of aromatic hydroxyl groups is 1. The summed E-state index contributed by atoms with van der Waals surface area (Å²) in [6.45, 7) is 6.16. The van der Waals surface area contributed by atoms with E-state index in [2.05, 4.69) is 17.1 Å². The number of phenols is 1. The molecule has 1 aliphatic rings. The van der Waals surface area contributed by atoms with E-state index in [0.29, 0.717) is 22.6 Å². The predicted octanol–water partition coefficient (Wildman–Crippen LogP) is 3.66. The number of benzene rings is 1. The molecule has 0 radical (unpaired) electrons. The highest BCUT2D eigenvalue weighted by molar-refractivity contribution is 6.35. The quantitative estimate of drug-likeness (QED) is 0.870. The maximum absolute atomic E-state index is 9.92. The molecule has 3 nitrogen and oxygen atoms in total. The Bertz CT molecular complexity index is 448. The molecular weight excluding hydrogens is 295 g/mol. The normalized spacial score (nSPS) is 18.1. The number of halogens is 2. The zero-order valence-corrected chi connectivity index (χ0v) is 13.3. The van der Waals surface area contributed by atoms with Gasteiger partial charge in [0, 0.05) is 29.7 Å². The summed E-state index contributed by atoms with van der Waals surface area (Å²) in [5, 5.41) is 14.2. The Hall–Kier alpha value is -0.480. The van der Waals surface area contributed by atoms with E-state index < -0.39 is 0 Å². The summed E-state index contributed by atoms with van der Waals surface area (Å²) in [5.74, 6) is 0.119. The molecule has 1 atom stereocenters. The topological polar surface area (TPSA) is 35.5 Å². The smallest absolute Gasteiger partial charge is 0.138 e. The third-order valence-corrected chi connectivity index (χ3v) is 4.24. The Morgan fingerprint density at radius 1 is 1.25 bits per heavy atom. The average molecular weight is 317 g/mol. The van der Waals surface area contributed by atoms with Crippen LogP contribution in [-0.2, 0) is 6.54 Å². The molecule has 1 saturated heterocycles. The first-order valence-corrected chi connectivity index (χ1v) is 7.94. The van der Waals surface area contributed by atoms with Crippen LogP contribution < -0.4 is 5.32 Å². The molecule has 1 aromatic carbocycles. The highest BCUT2D eigenvalue weighted by Gasteiger charge is 2.14. The highest BCUT2D eigenvalue weighted by Crippen LogP contribution is 2.31. The Morgan fingerprint density at radius 2 is 1.95 bits per heavy atom. The number of hydrogen-bond donors (Lipinski definition) is 2. The molecule has 5 heteroatoms. The first kappa shape index (κ1) is 15.9. The molecule has 0 spiro atoms. The van der Waals surface area contributed by atoms with Gasteiger partial charge in [0.15, 0.2) is 0 Å². The number of phenolic OH excluding ortho intramolecular Hbond substituents is 1. The zero-order valence-electron chi connectivity index (χ0n) is 11.8. The van der Waals surface area contributed by atoms with E-state index in [1.54, 1.807) is 12.1 Å². The van der Waals surface area contributed by atoms with E-state index in [1.807, 2.05) is 0 Å². The number of nitrogens with one attached hydrogen (secondary N) is 1. The van der Waals surface area contributed by atoms with E-state index in [9.17, 15) is 5.11 Å². The number of piperidine rings is 1. The fraction of sp³-hybridized carbons (Fsp3) is 0.600. The van der Waals surface area contributed by atoms with Crippen LogP contribution in [0.5, 0.6) is 5.75 Å². The van der Waals surface area contributed by atoms with Crippen LogP contribution in [-0.4, -0.2) is 35.7 Å². The minimum absolute atomic E-state index is 0.119. The van der Waals surface area contributed by atoms with Crippen molar-refractivity contribution in [2.45, 2.75) is 38.8 Å². The number of hydrogen-bond acceptors (Lipinski definition) is 3. The molecular formula is C15H22Cl2N2O. The van der Waals surface area contributed by atoms with Crippen molar-refractivity contribution < 1.29 is 5.11 Å². The Kier molecular flexibility index (Phi) is 5.97. The lowest BCUT2D eigenvalue weighted by Crippen LogP contribution is -2.41. The number of likely N-dealkylation sites (tertiary alicyclic amines) is 1. The van der Waals surface area contributed by atoms with Crippen LogP contribution in [0.2, 0.25) is 10.0 Å². The monoisotopic (exact) mass is 316 g/mol. The van der Waals surface area contributed by atoms with Crippen LogP contribution >= 0.6 is 23.2 Å². The van der Waals surface area contributed by atoms with Crippen LogP contribution in [0.4, 0.5) is 0 Å². The van der Waals surface area contributed by atoms with Crippen molar-refractivity contribution in [3.63, 3.8) is 0 Å². The molecule has 0 bridgehead atoms. The summed E-state index contributed by atoms with van der Waals surface area (Å²) < 4.78 is 0. The van der Waals surface area contributed by atoms with Gasteiger partial charge >= 0.3 is 0 Å². The maximum Gasteiger partial charge on any atom is 0.138 e. The van der Waals surface area contributed by atoms with Crippen molar-refractivity contribution >= 4 is 23.2 Å². The van der Waals surface area contributed by atoms with Gasteiger partial charge in [-0.2, -0.15) is 0 Å². The maximum atomic E-state index is 9.92. The van der Waals surface area contributed by atoms with Gasteiger partial charge < -0.3 is 15.3 Å². The van der Waals surface area contributed by atoms with E-state index >= 15 is 0 Å². The van der Waals surface area contributed by atoms with E-state index in [4.69, 9.17) is 23.2 Å². The summed E-state index contributed by atoms with van der Waals surface area (Å²) >= 11 is 11.9. The molecule has 0 saturated carbocycles. The lowest BCUT2D eigenvalue weighted by Gasteiger charge is -2.29. The number of rotatable bonds is 5. The molecule has 1 heterocycles. The van der Waals surface area contributed by atoms with Gasteiger partial charge in [-0.1, -0.05) is 29.6 Å². The van der Waals surface area contributed by atoms with Crippen LogP contribution in [0.15, 0.2) is 12.1 Å². The van der Waals surface area contributed by atoms with E-state index in [0.717, 1.165) is 12.1 Å². The molecule has 20 heavy (non-hydrogen) atoms. The lowest BCUT2D eigenvalue weighted by molar-refractivity contribution is 0.208. The van der Waals surface area contributed by atoms with Crippen molar-refractivity contribution in [3.05, 3.63) is 27.7 Å². The first-order valence-electron chi connectivity index (χ1n) is 7.19. The number of nitrogens with zero attached hydrogens (tertiary/aromatic N) is 1. The van der Waals surface area contributed by atoms with Gasteiger partial charge in [-0.3, -0.25) is 0 Å². The van der Waals surface area contributed by atoms with Gasteiger partial charge in [-0.25, -0.2) is 0 Å². The van der Waals surface area contributed by atoms with Crippen molar-refractivity contribution in [2.75, 3.05) is 19.6 Å². The summed E-state index contributed by atoms with van der Waals surface area (Å²) in [5.41, 5.74) is 0.744. The Labute approximate surface area is 130 Å². The summed E-state index contributed by atoms with van der Waals surface area (Å²) in [6.07, 6.45) is 3.96. The standard InChI is InChI=1S/C15H22Cl2N2O/c1-11(10-19-5-3-2-4-6-19)18-9-12-7-13(16)8-14(17)15(12)20/h7-8,11,18,20H,2-6,9-10H2,1H3. The molecule has 1 unspecified atom stereocenters. The van der Waals surface area contributed by atoms with Crippen LogP contribution in [0.1, 0.15) is 31.7 Å². The minimum atomic E-state index is 0.119. The predicted molar refractivity (Wildman–Crippen MR) is 84.7 cm³/mol. The molecule has 0 aliphatic carbocycles. The molecule has 0 amide bonds. The van der Waals surface area contributed by atoms with Crippen molar-refractivity contribution in [1.29, 1.82) is 0 Å². The minimum Gasteiger partial charge on any atom is -0.506 e. The Morgan fingerprint density at radius 3 is 2.65 bits per heavy atom. The molecule has 1 aliphatic heterocycles. The van der Waals surface area contributed by atoms with Crippen molar-refractivity contribution in [2.24, 2.45) is 0 Å². The zero-order chi connectivity index (χ0) is 14.5. The third kappa shape index (κ3) is 4.52. The summed E-state index contributed by atoms with van der Waals surface area (Å²) in [4.78, 5) is 2.49. The van der Waals surface area contributed by atoms with Gasteiger partial charge in [0.25, 0.3) is 0 Å². The van der Waals surface area contributed by atoms with Gasteiger partial charge in [-0.05, 0) is 45.0 Å². The van der Waals surface area contributed by atoms with Gasteiger partial charge in [-0.15, -0.1) is 0 Å². The molecule has 2 rings (SSSR count). The van der Waals surface area contributed by atoms with Crippen LogP contribution in [0.25, 0.3) is 0 Å². The van der Waals surface area contributed by atoms with Gasteiger partial charge in [0.05, 0.1) is 5.02 Å². The van der Waals surface area contributed by atoms with Gasteiger partial charge in [0.2, 0.25) is 0 Å². The SMILES string of the molecule is CC(CN1CCCCC1)NCc1cc(Cl)cc(Cl)c1O. The molecule has 112 valence electrons. The second-order valence-corrected chi connectivity index (χ2v) is 6.38. The van der Waals surface area contributed by atoms with Gasteiger partial charge in [0.1, 0.15) is 5.75 Å². The highest BCUT2D eigenvalue weighted by atomic mass is 35.5. The molecule has 2 N–H and O–H groups in total. The second kappa shape index (κ2) is 7.51. The van der Waals surface area contributed by atoms with E-state index in [1.165, 1.54) is 32.4 Å². The molecule has 1 aromatic rings. The van der Waals surface area contributed by atoms with Crippen molar-refractivity contribution in [3.8, 4) is 5.75 Å². The van der Waals surface area contributed by atoms with E-state index in [-0.39, 0.29) is 5.75 Å². The molecule has 1 fully saturated rings. The van der Waals surface area contributed by atoms with Crippen LogP contribution in [0.3, 0.4) is 0 Å². The summed E-state index contributed by atoms with van der Waals surface area (Å²) in [6, 6.07) is 3.67. The average Bonchev–Trinajstić information content (AvgIpc) is 2.42. The Balaban J connectivity index is 1.85. The first-order chi connectivity index (χ1) is 9.56. The largest absolute Gasteiger partial charge is 0.506 e. The van der Waals surface area contributed by atoms with Crippen LogP contribution in [0, 0.1) is 0 Å². The second-order valence-electron chi connectivity index (χ2n) is 5.54. The third-order valence-electron chi connectivity index (χ3n) is 3.73. The fourth-order valence-corrected chi connectivity index (χ4v) is 3.17. The summed E-state index contributed by atoms with van der Waals surface area (Å²) in [7, 11) is 0. The lowest BCUT2D eigenvalue weighted by atomic mass is 10.1. The fourth-order valence-electron chi connectivity index (χ4n) is 2.63. The molecule has 0 aromatic heterocycles.